The van der Waals surface area contributed by atoms with Gasteiger partial charge in [0.05, 0.1) is 12.2 Å². The average molecular weight is 447 g/mol. The van der Waals surface area contributed by atoms with Crippen molar-refractivity contribution in [2.24, 2.45) is 0 Å². The first kappa shape index (κ1) is 20.3. The number of carbonyl (C=O) groups excluding carboxylic acids is 2. The number of rotatable bonds is 7. The number of hydrogen-bond acceptors (Lipinski definition) is 5. The van der Waals surface area contributed by atoms with Crippen molar-refractivity contribution in [3.8, 4) is 0 Å². The summed E-state index contributed by atoms with van der Waals surface area (Å²) in [6.45, 7) is 3.55. The number of hydrogen-bond donors (Lipinski definition) is 2. The fourth-order valence-corrected chi connectivity index (χ4v) is 3.27. The van der Waals surface area contributed by atoms with Crippen molar-refractivity contribution >= 4 is 39.2 Å². The van der Waals surface area contributed by atoms with E-state index < -0.39 is 0 Å². The molecule has 0 radical (unpaired) electrons. The highest BCUT2D eigenvalue weighted by atomic mass is 79.9. The third-order valence-corrected chi connectivity index (χ3v) is 5.49. The average Bonchev–Trinajstić information content (AvgIpc) is 3.05. The summed E-state index contributed by atoms with van der Waals surface area (Å²) in [4.78, 5) is 30.8. The smallest absolute Gasteiger partial charge is 0.252 e. The summed E-state index contributed by atoms with van der Waals surface area (Å²) >= 11 is 3.48. The zero-order chi connectivity index (χ0) is 20.1. The molecule has 0 aliphatic carbocycles. The van der Waals surface area contributed by atoms with Crippen LogP contribution in [0.3, 0.4) is 0 Å². The molecule has 1 aliphatic rings. The minimum Gasteiger partial charge on any atom is -0.383 e. The molecule has 7 nitrogen and oxygen atoms in total. The van der Waals surface area contributed by atoms with Crippen molar-refractivity contribution in [3.05, 3.63) is 52.1 Å². The standard InChI is InChI=1S/C20H23BrN4O3/c1-13-11-15(4-5-16(13)21)25-9-7-17(20(25)27)24-18-6-3-14(12-23-18)19(26)22-8-10-28-2/h3-6,11-12,17H,7-10H2,1-2H3,(H,22,26)(H,23,24). The Morgan fingerprint density at radius 1 is 1.36 bits per heavy atom. The summed E-state index contributed by atoms with van der Waals surface area (Å²) in [6.07, 6.45) is 2.19. The topological polar surface area (TPSA) is 83.6 Å². The van der Waals surface area contributed by atoms with Crippen LogP contribution in [-0.4, -0.2) is 49.6 Å². The van der Waals surface area contributed by atoms with E-state index in [4.69, 9.17) is 4.74 Å². The van der Waals surface area contributed by atoms with Gasteiger partial charge in [-0.25, -0.2) is 4.98 Å². The molecule has 8 heteroatoms. The molecule has 28 heavy (non-hydrogen) atoms. The number of pyridine rings is 1. The summed E-state index contributed by atoms with van der Waals surface area (Å²) in [6, 6.07) is 8.96. The highest BCUT2D eigenvalue weighted by Gasteiger charge is 2.32. The molecule has 148 valence electrons. The van der Waals surface area contributed by atoms with E-state index in [1.165, 1.54) is 6.20 Å². The number of nitrogens with one attached hydrogen (secondary N) is 2. The molecule has 2 heterocycles. The second kappa shape index (κ2) is 9.16. The molecule has 0 bridgehead atoms. The van der Waals surface area contributed by atoms with Crippen LogP contribution in [0.4, 0.5) is 11.5 Å². The first-order valence-corrected chi connectivity index (χ1v) is 9.86. The van der Waals surface area contributed by atoms with Gasteiger partial charge in [0.15, 0.2) is 0 Å². The van der Waals surface area contributed by atoms with E-state index in [-0.39, 0.29) is 17.9 Å². The van der Waals surface area contributed by atoms with Gasteiger partial charge >= 0.3 is 0 Å². The van der Waals surface area contributed by atoms with Crippen LogP contribution in [0.25, 0.3) is 0 Å². The number of aromatic nitrogens is 1. The van der Waals surface area contributed by atoms with Gasteiger partial charge in [-0.1, -0.05) is 15.9 Å². The van der Waals surface area contributed by atoms with E-state index in [0.29, 0.717) is 37.5 Å². The third kappa shape index (κ3) is 4.69. The van der Waals surface area contributed by atoms with Crippen LogP contribution in [-0.2, 0) is 9.53 Å². The van der Waals surface area contributed by atoms with Crippen LogP contribution >= 0.6 is 15.9 Å². The SMILES string of the molecule is COCCNC(=O)c1ccc(NC2CCN(c3ccc(Br)c(C)c3)C2=O)nc1. The lowest BCUT2D eigenvalue weighted by atomic mass is 10.2. The zero-order valence-corrected chi connectivity index (χ0v) is 17.5. The van der Waals surface area contributed by atoms with Gasteiger partial charge < -0.3 is 20.3 Å². The molecular weight excluding hydrogens is 424 g/mol. The minimum atomic E-state index is -0.335. The molecule has 3 rings (SSSR count). The Morgan fingerprint density at radius 3 is 2.86 bits per heavy atom. The Labute approximate surface area is 172 Å². The minimum absolute atomic E-state index is 0.0184. The van der Waals surface area contributed by atoms with E-state index in [2.05, 4.69) is 31.5 Å². The van der Waals surface area contributed by atoms with Crippen molar-refractivity contribution < 1.29 is 14.3 Å². The molecule has 1 aliphatic heterocycles. The zero-order valence-electron chi connectivity index (χ0n) is 15.9. The highest BCUT2D eigenvalue weighted by Crippen LogP contribution is 2.27. The van der Waals surface area contributed by atoms with Crippen molar-refractivity contribution in [2.75, 3.05) is 37.0 Å². The maximum absolute atomic E-state index is 12.8. The molecule has 1 fully saturated rings. The van der Waals surface area contributed by atoms with E-state index in [9.17, 15) is 9.59 Å². The van der Waals surface area contributed by atoms with Gasteiger partial charge in [0.25, 0.3) is 5.91 Å². The molecule has 1 unspecified atom stereocenters. The fourth-order valence-electron chi connectivity index (χ4n) is 3.03. The number of carbonyl (C=O) groups is 2. The third-order valence-electron chi connectivity index (χ3n) is 4.60. The van der Waals surface area contributed by atoms with Crippen LogP contribution in [0, 0.1) is 6.92 Å². The Bertz CT molecular complexity index is 857. The van der Waals surface area contributed by atoms with Crippen molar-refractivity contribution in [1.29, 1.82) is 0 Å². The molecule has 0 saturated carbocycles. The number of nitrogens with zero attached hydrogens (tertiary/aromatic N) is 2. The Balaban J connectivity index is 1.60. The largest absolute Gasteiger partial charge is 0.383 e. The molecule has 1 atom stereocenters. The number of aryl methyl sites for hydroxylation is 1. The molecule has 2 N–H and O–H groups in total. The number of ether oxygens (including phenoxy) is 1. The predicted octanol–water partition coefficient (Wildman–Crippen LogP) is 2.75. The number of amides is 2. The van der Waals surface area contributed by atoms with Crippen LogP contribution in [0.15, 0.2) is 41.0 Å². The number of benzene rings is 1. The molecular formula is C20H23BrN4O3. The second-order valence-corrected chi connectivity index (χ2v) is 7.44. The lowest BCUT2D eigenvalue weighted by Crippen LogP contribution is -2.33. The van der Waals surface area contributed by atoms with Crippen LogP contribution < -0.4 is 15.5 Å². The lowest BCUT2D eigenvalue weighted by molar-refractivity contribution is -0.117. The summed E-state index contributed by atoms with van der Waals surface area (Å²) in [7, 11) is 1.58. The Hall–Kier alpha value is -2.45. The van der Waals surface area contributed by atoms with Gasteiger partial charge in [-0.05, 0) is 49.2 Å². The first-order valence-electron chi connectivity index (χ1n) is 9.07. The molecule has 0 spiro atoms. The molecule has 1 aromatic heterocycles. The monoisotopic (exact) mass is 446 g/mol. The van der Waals surface area contributed by atoms with Gasteiger partial charge in [0, 0.05) is 36.6 Å². The predicted molar refractivity (Wildman–Crippen MR) is 112 cm³/mol. The fraction of sp³-hybridized carbons (Fsp3) is 0.350. The Kier molecular flexibility index (Phi) is 6.64. The summed E-state index contributed by atoms with van der Waals surface area (Å²) in [5.74, 6) is 0.385. The van der Waals surface area contributed by atoms with Gasteiger partial charge in [-0.3, -0.25) is 9.59 Å². The number of anilines is 2. The van der Waals surface area contributed by atoms with Gasteiger partial charge in [-0.2, -0.15) is 0 Å². The van der Waals surface area contributed by atoms with Crippen LogP contribution in [0.5, 0.6) is 0 Å². The first-order chi connectivity index (χ1) is 13.5. The van der Waals surface area contributed by atoms with E-state index in [0.717, 1.165) is 15.7 Å². The molecule has 1 saturated heterocycles. The van der Waals surface area contributed by atoms with Crippen molar-refractivity contribution in [2.45, 2.75) is 19.4 Å². The van der Waals surface area contributed by atoms with Gasteiger partial charge in [0.2, 0.25) is 5.91 Å². The lowest BCUT2D eigenvalue weighted by Gasteiger charge is -2.18. The van der Waals surface area contributed by atoms with E-state index >= 15 is 0 Å². The second-order valence-electron chi connectivity index (χ2n) is 6.59. The van der Waals surface area contributed by atoms with Crippen LogP contribution in [0.2, 0.25) is 0 Å². The number of methoxy groups -OCH3 is 1. The number of halogens is 1. The molecule has 2 aromatic rings. The van der Waals surface area contributed by atoms with Crippen molar-refractivity contribution in [1.82, 2.24) is 10.3 Å². The van der Waals surface area contributed by atoms with Crippen LogP contribution in [0.1, 0.15) is 22.3 Å². The summed E-state index contributed by atoms with van der Waals surface area (Å²) in [5, 5.41) is 5.91. The van der Waals surface area contributed by atoms with E-state index in [1.54, 1.807) is 24.1 Å². The maximum atomic E-state index is 12.8. The van der Waals surface area contributed by atoms with Gasteiger partial charge in [0.1, 0.15) is 11.9 Å². The quantitative estimate of drug-likeness (QED) is 0.638. The Morgan fingerprint density at radius 2 is 2.18 bits per heavy atom. The summed E-state index contributed by atoms with van der Waals surface area (Å²) in [5.41, 5.74) is 2.44. The molecule has 1 aromatic carbocycles. The summed E-state index contributed by atoms with van der Waals surface area (Å²) < 4.78 is 5.93. The normalized spacial score (nSPS) is 16.3. The maximum Gasteiger partial charge on any atom is 0.252 e. The highest BCUT2D eigenvalue weighted by molar-refractivity contribution is 9.10. The van der Waals surface area contributed by atoms with Crippen molar-refractivity contribution in [3.63, 3.8) is 0 Å². The van der Waals surface area contributed by atoms with E-state index in [1.807, 2.05) is 25.1 Å². The van der Waals surface area contributed by atoms with Gasteiger partial charge in [-0.15, -0.1) is 0 Å². The molecule has 2 amide bonds.